The molecule has 2 unspecified atom stereocenters. The fraction of sp³-hybridized carbons (Fsp3) is 0.588. The topological polar surface area (TPSA) is 45.7 Å². The molecule has 7 heteroatoms. The minimum absolute atomic E-state index is 0. The van der Waals surface area contributed by atoms with Crippen LogP contribution in [0.5, 0.6) is 0 Å². The molecule has 2 atom stereocenters. The number of nitrogens with one attached hydrogen (secondary N) is 2. The van der Waals surface area contributed by atoms with Crippen LogP contribution in [0.4, 0.5) is 4.39 Å². The number of methoxy groups -OCH3 is 1. The molecule has 24 heavy (non-hydrogen) atoms. The van der Waals surface area contributed by atoms with Gasteiger partial charge in [0.2, 0.25) is 0 Å². The van der Waals surface area contributed by atoms with Gasteiger partial charge in [-0.15, -0.1) is 24.0 Å². The van der Waals surface area contributed by atoms with Crippen LogP contribution in [-0.2, 0) is 4.74 Å². The van der Waals surface area contributed by atoms with Gasteiger partial charge in [0.1, 0.15) is 11.9 Å². The molecule has 0 aliphatic carbocycles. The van der Waals surface area contributed by atoms with Gasteiger partial charge in [0.05, 0.1) is 6.54 Å². The monoisotopic (exact) mass is 467 g/mol. The summed E-state index contributed by atoms with van der Waals surface area (Å²) in [7, 11) is 1.65. The summed E-state index contributed by atoms with van der Waals surface area (Å²) in [5, 5.41) is 7.34. The van der Waals surface area contributed by atoms with E-state index in [9.17, 15) is 4.39 Å². The third-order valence-corrected chi connectivity index (χ3v) is 5.21. The summed E-state index contributed by atoms with van der Waals surface area (Å²) in [5.41, 5.74) is 0.930. The lowest BCUT2D eigenvalue weighted by Crippen LogP contribution is -2.40. The number of halogens is 2. The average Bonchev–Trinajstić information content (AvgIpc) is 3.08. The van der Waals surface area contributed by atoms with Gasteiger partial charge in [-0.1, -0.05) is 12.1 Å². The second-order valence-electron chi connectivity index (χ2n) is 5.51. The molecule has 0 spiro atoms. The maximum atomic E-state index is 13.0. The van der Waals surface area contributed by atoms with E-state index in [0.29, 0.717) is 11.8 Å². The van der Waals surface area contributed by atoms with Crippen LogP contribution in [0.25, 0.3) is 0 Å². The van der Waals surface area contributed by atoms with E-state index in [1.165, 1.54) is 30.7 Å². The van der Waals surface area contributed by atoms with Gasteiger partial charge in [0.15, 0.2) is 5.96 Å². The van der Waals surface area contributed by atoms with E-state index in [4.69, 9.17) is 4.74 Å². The first-order valence-corrected chi connectivity index (χ1v) is 9.19. The molecule has 0 bridgehead atoms. The van der Waals surface area contributed by atoms with Crippen LogP contribution in [0.3, 0.4) is 0 Å². The van der Waals surface area contributed by atoms with Crippen molar-refractivity contribution < 1.29 is 9.13 Å². The summed E-state index contributed by atoms with van der Waals surface area (Å²) >= 11 is 2.02. The second kappa shape index (κ2) is 11.9. The number of hydrogen-bond donors (Lipinski definition) is 2. The number of benzene rings is 1. The Hall–Kier alpha value is -0.540. The molecule has 1 aromatic rings. The molecule has 0 saturated carbocycles. The van der Waals surface area contributed by atoms with Crippen LogP contribution in [0, 0.1) is 5.82 Å². The van der Waals surface area contributed by atoms with Crippen LogP contribution in [0.2, 0.25) is 0 Å². The van der Waals surface area contributed by atoms with Gasteiger partial charge in [0, 0.05) is 25.4 Å². The summed E-state index contributed by atoms with van der Waals surface area (Å²) in [6.07, 6.45) is 2.40. The van der Waals surface area contributed by atoms with E-state index < -0.39 is 0 Å². The Balaban J connectivity index is 0.00000288. The van der Waals surface area contributed by atoms with Crippen LogP contribution >= 0.6 is 35.7 Å². The van der Waals surface area contributed by atoms with Crippen molar-refractivity contribution in [3.05, 3.63) is 35.6 Å². The zero-order valence-corrected chi connectivity index (χ0v) is 17.4. The largest absolute Gasteiger partial charge is 0.375 e. The fourth-order valence-electron chi connectivity index (χ4n) is 2.53. The van der Waals surface area contributed by atoms with Gasteiger partial charge >= 0.3 is 0 Å². The van der Waals surface area contributed by atoms with Gasteiger partial charge in [-0.3, -0.25) is 4.99 Å². The highest BCUT2D eigenvalue weighted by Crippen LogP contribution is 2.25. The normalized spacial score (nSPS) is 18.8. The van der Waals surface area contributed by atoms with Gasteiger partial charge in [-0.25, -0.2) is 4.39 Å². The minimum atomic E-state index is -0.240. The van der Waals surface area contributed by atoms with Crippen molar-refractivity contribution in [2.45, 2.75) is 31.1 Å². The molecule has 1 fully saturated rings. The fourth-order valence-corrected chi connectivity index (χ4v) is 3.73. The molecule has 2 N–H and O–H groups in total. The van der Waals surface area contributed by atoms with Crippen LogP contribution in [0.1, 0.15) is 31.4 Å². The van der Waals surface area contributed by atoms with Crippen molar-refractivity contribution in [3.63, 3.8) is 0 Å². The predicted molar refractivity (Wildman–Crippen MR) is 111 cm³/mol. The first kappa shape index (κ1) is 21.5. The maximum absolute atomic E-state index is 13.0. The molecule has 1 aliphatic rings. The van der Waals surface area contributed by atoms with E-state index in [-0.39, 0.29) is 35.9 Å². The van der Waals surface area contributed by atoms with Crippen molar-refractivity contribution in [2.24, 2.45) is 4.99 Å². The van der Waals surface area contributed by atoms with Crippen LogP contribution in [0.15, 0.2) is 29.3 Å². The molecule has 1 saturated heterocycles. The number of rotatable bonds is 7. The highest BCUT2D eigenvalue weighted by atomic mass is 127. The lowest BCUT2D eigenvalue weighted by atomic mass is 10.1. The SMILES string of the molecule is CCNC(=NCC(OC)c1ccc(F)cc1)NCC1CCCS1.I. The van der Waals surface area contributed by atoms with Crippen LogP contribution < -0.4 is 10.6 Å². The Morgan fingerprint density at radius 2 is 2.12 bits per heavy atom. The van der Waals surface area contributed by atoms with Crippen molar-refractivity contribution >= 4 is 41.7 Å². The Morgan fingerprint density at radius 1 is 1.38 bits per heavy atom. The number of thioether (sulfide) groups is 1. The molecule has 0 aromatic heterocycles. The lowest BCUT2D eigenvalue weighted by Gasteiger charge is -2.17. The molecule has 0 radical (unpaired) electrons. The maximum Gasteiger partial charge on any atom is 0.191 e. The van der Waals surface area contributed by atoms with E-state index >= 15 is 0 Å². The smallest absolute Gasteiger partial charge is 0.191 e. The quantitative estimate of drug-likeness (QED) is 0.366. The van der Waals surface area contributed by atoms with Gasteiger partial charge in [0.25, 0.3) is 0 Å². The van der Waals surface area contributed by atoms with Crippen molar-refractivity contribution in [3.8, 4) is 0 Å². The first-order chi connectivity index (χ1) is 11.2. The predicted octanol–water partition coefficient (Wildman–Crippen LogP) is 3.58. The molecule has 1 aromatic carbocycles. The third kappa shape index (κ3) is 7.14. The third-order valence-electron chi connectivity index (χ3n) is 3.81. The lowest BCUT2D eigenvalue weighted by molar-refractivity contribution is 0.111. The summed E-state index contributed by atoms with van der Waals surface area (Å²) in [5.74, 6) is 1.83. The van der Waals surface area contributed by atoms with Gasteiger partial charge < -0.3 is 15.4 Å². The van der Waals surface area contributed by atoms with Gasteiger partial charge in [-0.05, 0) is 43.2 Å². The second-order valence-corrected chi connectivity index (χ2v) is 6.92. The number of hydrogen-bond acceptors (Lipinski definition) is 3. The number of ether oxygens (including phenoxy) is 1. The highest BCUT2D eigenvalue weighted by molar-refractivity contribution is 14.0. The van der Waals surface area contributed by atoms with Crippen LogP contribution in [-0.4, -0.2) is 43.7 Å². The summed E-state index contributed by atoms with van der Waals surface area (Å²) < 4.78 is 18.5. The Kier molecular flexibility index (Phi) is 10.7. The van der Waals surface area contributed by atoms with Gasteiger partial charge in [-0.2, -0.15) is 11.8 Å². The Morgan fingerprint density at radius 3 is 2.71 bits per heavy atom. The Bertz CT molecular complexity index is 495. The molecular formula is C17H27FIN3OS. The summed E-state index contributed by atoms with van der Waals surface area (Å²) in [4.78, 5) is 4.61. The number of nitrogens with zero attached hydrogens (tertiary/aromatic N) is 1. The molecule has 2 rings (SSSR count). The zero-order valence-electron chi connectivity index (χ0n) is 14.3. The first-order valence-electron chi connectivity index (χ1n) is 8.15. The molecule has 1 heterocycles. The standard InChI is InChI=1S/C17H26FN3OS.HI/c1-3-19-17(20-11-15-5-4-10-23-15)21-12-16(22-2)13-6-8-14(18)9-7-13;/h6-9,15-16H,3-5,10-12H2,1-2H3,(H2,19,20,21);1H. The minimum Gasteiger partial charge on any atom is -0.375 e. The summed E-state index contributed by atoms with van der Waals surface area (Å²) in [6.45, 7) is 4.30. The van der Waals surface area contributed by atoms with E-state index in [2.05, 4.69) is 22.5 Å². The Labute approximate surface area is 165 Å². The zero-order chi connectivity index (χ0) is 16.5. The van der Waals surface area contributed by atoms with E-state index in [1.807, 2.05) is 11.8 Å². The molecule has 0 amide bonds. The molecule has 1 aliphatic heterocycles. The molecule has 4 nitrogen and oxygen atoms in total. The number of guanidine groups is 1. The summed E-state index contributed by atoms with van der Waals surface area (Å²) in [6, 6.07) is 6.39. The molecule has 136 valence electrons. The van der Waals surface area contributed by atoms with Crippen molar-refractivity contribution in [1.82, 2.24) is 10.6 Å². The highest BCUT2D eigenvalue weighted by Gasteiger charge is 2.16. The van der Waals surface area contributed by atoms with Crippen molar-refractivity contribution in [1.29, 1.82) is 0 Å². The van der Waals surface area contributed by atoms with E-state index in [0.717, 1.165) is 24.6 Å². The molecular weight excluding hydrogens is 440 g/mol. The average molecular weight is 467 g/mol. The number of aliphatic imine (C=N–C) groups is 1. The van der Waals surface area contributed by atoms with Crippen molar-refractivity contribution in [2.75, 3.05) is 32.5 Å². The van der Waals surface area contributed by atoms with E-state index in [1.54, 1.807) is 19.2 Å².